The topological polar surface area (TPSA) is 27.3 Å². The van der Waals surface area contributed by atoms with Gasteiger partial charge < -0.3 is 10.6 Å². The largest absolute Gasteiger partial charge is 0.332 e. The molecular weight excluding hydrogens is 357 g/mol. The molecule has 0 bridgehead atoms. The van der Waals surface area contributed by atoms with Gasteiger partial charge in [0.2, 0.25) is 0 Å². The minimum absolute atomic E-state index is 0. The molecule has 1 fully saturated rings. The van der Waals surface area contributed by atoms with E-state index >= 15 is 0 Å². The van der Waals surface area contributed by atoms with E-state index < -0.39 is 0 Å². The molecule has 2 aromatic carbocycles. The average Bonchev–Trinajstić information content (AvgIpc) is 2.57. The van der Waals surface area contributed by atoms with Crippen molar-refractivity contribution in [3.05, 3.63) is 59.9 Å². The Bertz CT molecular complexity index is 687. The quantitative estimate of drug-likeness (QED) is 0.727. The van der Waals surface area contributed by atoms with E-state index in [-0.39, 0.29) is 18.2 Å². The molecule has 6 heteroatoms. The molecule has 0 unspecified atom stereocenters. The summed E-state index contributed by atoms with van der Waals surface area (Å²) < 4.78 is 13.2. The first-order chi connectivity index (χ1) is 11.7. The number of nitrogens with one attached hydrogen (secondary N) is 2. The molecular formula is C19H23ClFN3S. The summed E-state index contributed by atoms with van der Waals surface area (Å²) in [7, 11) is 0. The van der Waals surface area contributed by atoms with Gasteiger partial charge >= 0.3 is 0 Å². The van der Waals surface area contributed by atoms with E-state index in [9.17, 15) is 4.39 Å². The van der Waals surface area contributed by atoms with Crippen molar-refractivity contribution in [2.24, 2.45) is 0 Å². The Morgan fingerprint density at radius 1 is 0.960 bits per heavy atom. The Hall–Kier alpha value is -1.69. The van der Waals surface area contributed by atoms with E-state index in [2.05, 4.69) is 27.7 Å². The van der Waals surface area contributed by atoms with Crippen molar-refractivity contribution in [3.8, 4) is 0 Å². The summed E-state index contributed by atoms with van der Waals surface area (Å²) in [5.74, 6) is -0.287. The number of hydrogen-bond acceptors (Lipinski definition) is 2. The van der Waals surface area contributed by atoms with E-state index in [1.54, 1.807) is 12.1 Å². The number of likely N-dealkylation sites (tertiary alicyclic amines) is 1. The van der Waals surface area contributed by atoms with Crippen LogP contribution in [0.2, 0.25) is 0 Å². The van der Waals surface area contributed by atoms with Gasteiger partial charge in [-0.25, -0.2) is 4.39 Å². The lowest BCUT2D eigenvalue weighted by molar-refractivity contribution is 0.221. The molecule has 0 atom stereocenters. The standard InChI is InChI=1S/C19H22FN3S.ClH/c20-16-5-4-6-18(13-16)22-19(24)21-17-9-7-15(8-10-17)14-23-11-2-1-3-12-23;/h4-10,13H,1-3,11-12,14H2,(H2,21,22,24);1H. The number of thiocarbonyl (C=S) groups is 1. The highest BCUT2D eigenvalue weighted by molar-refractivity contribution is 7.80. The third-order valence-corrected chi connectivity index (χ3v) is 4.35. The van der Waals surface area contributed by atoms with Crippen LogP contribution < -0.4 is 10.6 Å². The van der Waals surface area contributed by atoms with Gasteiger partial charge in [0, 0.05) is 17.9 Å². The van der Waals surface area contributed by atoms with Crippen molar-refractivity contribution in [3.63, 3.8) is 0 Å². The monoisotopic (exact) mass is 379 g/mol. The Labute approximate surface area is 160 Å². The molecule has 2 aromatic rings. The Morgan fingerprint density at radius 3 is 2.32 bits per heavy atom. The fourth-order valence-electron chi connectivity index (χ4n) is 2.93. The average molecular weight is 380 g/mol. The van der Waals surface area contributed by atoms with E-state index in [4.69, 9.17) is 12.2 Å². The van der Waals surface area contributed by atoms with Crippen molar-refractivity contribution in [1.29, 1.82) is 0 Å². The zero-order valence-electron chi connectivity index (χ0n) is 14.0. The maximum absolute atomic E-state index is 13.2. The van der Waals surface area contributed by atoms with E-state index in [1.165, 1.54) is 50.0 Å². The lowest BCUT2D eigenvalue weighted by atomic mass is 10.1. The molecule has 0 radical (unpaired) electrons. The fourth-order valence-corrected chi connectivity index (χ4v) is 3.16. The second kappa shape index (κ2) is 9.70. The second-order valence-electron chi connectivity index (χ2n) is 6.12. The van der Waals surface area contributed by atoms with Crippen LogP contribution in [0.3, 0.4) is 0 Å². The number of rotatable bonds is 4. The number of hydrogen-bond donors (Lipinski definition) is 2. The molecule has 3 rings (SSSR count). The van der Waals surface area contributed by atoms with Crippen LogP contribution in [0, 0.1) is 5.82 Å². The first-order valence-corrected chi connectivity index (χ1v) is 8.75. The maximum atomic E-state index is 13.2. The van der Waals surface area contributed by atoms with Crippen LogP contribution >= 0.6 is 24.6 Å². The Kier molecular flexibility index (Phi) is 7.62. The molecule has 0 amide bonds. The van der Waals surface area contributed by atoms with Crippen molar-refractivity contribution >= 4 is 41.1 Å². The van der Waals surface area contributed by atoms with E-state index in [1.807, 2.05) is 12.1 Å². The lowest BCUT2D eigenvalue weighted by Crippen LogP contribution is -2.29. The highest BCUT2D eigenvalue weighted by atomic mass is 35.5. The normalized spacial score (nSPS) is 14.4. The SMILES string of the molecule is Cl.Fc1cccc(NC(=S)Nc2ccc(CN3CCCCC3)cc2)c1. The summed E-state index contributed by atoms with van der Waals surface area (Å²) in [5.41, 5.74) is 2.87. The Morgan fingerprint density at radius 2 is 1.64 bits per heavy atom. The van der Waals surface area contributed by atoms with E-state index in [0.717, 1.165) is 12.2 Å². The summed E-state index contributed by atoms with van der Waals surface area (Å²) in [6, 6.07) is 14.5. The summed E-state index contributed by atoms with van der Waals surface area (Å²) in [6.07, 6.45) is 3.97. The van der Waals surface area contributed by atoms with E-state index in [0.29, 0.717) is 10.8 Å². The Balaban J connectivity index is 0.00000225. The molecule has 134 valence electrons. The lowest BCUT2D eigenvalue weighted by Gasteiger charge is -2.26. The van der Waals surface area contributed by atoms with Crippen molar-refractivity contribution < 1.29 is 4.39 Å². The van der Waals surface area contributed by atoms with Crippen molar-refractivity contribution in [1.82, 2.24) is 4.90 Å². The third kappa shape index (κ3) is 6.27. The number of anilines is 2. The molecule has 1 aliphatic heterocycles. The summed E-state index contributed by atoms with van der Waals surface area (Å²) in [4.78, 5) is 2.50. The molecule has 0 spiro atoms. The molecule has 0 aliphatic carbocycles. The first-order valence-electron chi connectivity index (χ1n) is 8.34. The van der Waals surface area contributed by atoms with Crippen LogP contribution in [0.15, 0.2) is 48.5 Å². The number of nitrogens with zero attached hydrogens (tertiary/aromatic N) is 1. The van der Waals surface area contributed by atoms with Gasteiger partial charge in [0.1, 0.15) is 5.82 Å². The molecule has 2 N–H and O–H groups in total. The maximum Gasteiger partial charge on any atom is 0.175 e. The predicted octanol–water partition coefficient (Wildman–Crippen LogP) is 5.04. The van der Waals surface area contributed by atoms with Gasteiger partial charge in [0.05, 0.1) is 0 Å². The van der Waals surface area contributed by atoms with Crippen LogP contribution in [-0.2, 0) is 6.54 Å². The zero-order valence-corrected chi connectivity index (χ0v) is 15.6. The van der Waals surface area contributed by atoms with Gasteiger partial charge in [-0.3, -0.25) is 4.90 Å². The number of piperidine rings is 1. The first kappa shape index (κ1) is 19.6. The molecule has 0 saturated carbocycles. The minimum Gasteiger partial charge on any atom is -0.332 e. The minimum atomic E-state index is -0.287. The summed E-state index contributed by atoms with van der Waals surface area (Å²) in [5, 5.41) is 6.56. The van der Waals surface area contributed by atoms with Gasteiger partial charge in [-0.15, -0.1) is 12.4 Å². The van der Waals surface area contributed by atoms with Crippen molar-refractivity contribution in [2.45, 2.75) is 25.8 Å². The highest BCUT2D eigenvalue weighted by Gasteiger charge is 2.10. The predicted molar refractivity (Wildman–Crippen MR) is 109 cm³/mol. The molecule has 25 heavy (non-hydrogen) atoms. The smallest absolute Gasteiger partial charge is 0.175 e. The molecule has 1 saturated heterocycles. The van der Waals surface area contributed by atoms with Gasteiger partial charge in [-0.05, 0) is 74.0 Å². The summed E-state index contributed by atoms with van der Waals surface area (Å²) in [6.45, 7) is 3.40. The van der Waals surface area contributed by atoms with Crippen LogP contribution in [0.5, 0.6) is 0 Å². The van der Waals surface area contributed by atoms with Crippen LogP contribution in [0.4, 0.5) is 15.8 Å². The fraction of sp³-hybridized carbons (Fsp3) is 0.316. The van der Waals surface area contributed by atoms with Gasteiger partial charge in [-0.1, -0.05) is 24.6 Å². The van der Waals surface area contributed by atoms with Crippen LogP contribution in [0.25, 0.3) is 0 Å². The van der Waals surface area contributed by atoms with Gasteiger partial charge in [-0.2, -0.15) is 0 Å². The number of benzene rings is 2. The molecule has 0 aromatic heterocycles. The van der Waals surface area contributed by atoms with Crippen LogP contribution in [0.1, 0.15) is 24.8 Å². The van der Waals surface area contributed by atoms with Gasteiger partial charge in [0.15, 0.2) is 5.11 Å². The molecule has 1 heterocycles. The zero-order chi connectivity index (χ0) is 16.8. The van der Waals surface area contributed by atoms with Crippen molar-refractivity contribution in [2.75, 3.05) is 23.7 Å². The second-order valence-corrected chi connectivity index (χ2v) is 6.53. The molecule has 3 nitrogen and oxygen atoms in total. The van der Waals surface area contributed by atoms with Gasteiger partial charge in [0.25, 0.3) is 0 Å². The number of halogens is 2. The molecule has 1 aliphatic rings. The highest BCUT2D eigenvalue weighted by Crippen LogP contribution is 2.16. The third-order valence-electron chi connectivity index (χ3n) is 4.15. The van der Waals surface area contributed by atoms with Crippen LogP contribution in [-0.4, -0.2) is 23.1 Å². The summed E-state index contributed by atoms with van der Waals surface area (Å²) >= 11 is 5.27.